The number of rotatable bonds is 5. The highest BCUT2D eigenvalue weighted by Crippen LogP contribution is 2.26. The maximum atomic E-state index is 5.59. The molecule has 0 aliphatic carbocycles. The van der Waals surface area contributed by atoms with Crippen LogP contribution in [0.1, 0.15) is 18.9 Å². The fourth-order valence-corrected chi connectivity index (χ4v) is 2.85. The Labute approximate surface area is 150 Å². The summed E-state index contributed by atoms with van der Waals surface area (Å²) in [6.07, 6.45) is 3.26. The lowest BCUT2D eigenvalue weighted by Gasteiger charge is -2.31. The number of nitrogens with zero attached hydrogens (tertiary/aromatic N) is 5. The van der Waals surface area contributed by atoms with Crippen molar-refractivity contribution >= 4 is 0 Å². The molecule has 1 aliphatic rings. The van der Waals surface area contributed by atoms with E-state index in [1.54, 1.807) is 18.5 Å². The van der Waals surface area contributed by atoms with E-state index in [4.69, 9.17) is 14.0 Å². The molecule has 1 fully saturated rings. The first kappa shape index (κ1) is 16.6. The van der Waals surface area contributed by atoms with Gasteiger partial charge in [-0.25, -0.2) is 9.97 Å². The molecule has 2 aromatic heterocycles. The van der Waals surface area contributed by atoms with Gasteiger partial charge in [-0.15, -0.1) is 0 Å². The van der Waals surface area contributed by atoms with E-state index in [0.29, 0.717) is 30.1 Å². The second-order valence-corrected chi connectivity index (χ2v) is 5.83. The van der Waals surface area contributed by atoms with Crippen LogP contribution in [0.5, 0.6) is 11.8 Å². The summed E-state index contributed by atoms with van der Waals surface area (Å²) in [5, 5.41) is 4.11. The van der Waals surface area contributed by atoms with E-state index in [2.05, 4.69) is 31.9 Å². The van der Waals surface area contributed by atoms with Crippen molar-refractivity contribution < 1.29 is 14.0 Å². The molecule has 1 atom stereocenters. The van der Waals surface area contributed by atoms with Crippen LogP contribution in [0.3, 0.4) is 0 Å². The van der Waals surface area contributed by atoms with Crippen LogP contribution in [0.4, 0.5) is 0 Å². The predicted octanol–water partition coefficient (Wildman–Crippen LogP) is 2.71. The van der Waals surface area contributed by atoms with Gasteiger partial charge in [0.05, 0.1) is 13.2 Å². The monoisotopic (exact) mass is 353 g/mol. The standard InChI is InChI=1S/C18H19N5O3/c1-2-23-10-11-24-12-15(23)17-21-16(22-26-17)13-4-6-14(7-5-13)25-18-19-8-3-9-20-18/h3-9,15H,2,10-12H2,1H3. The van der Waals surface area contributed by atoms with Gasteiger partial charge in [-0.3, -0.25) is 4.90 Å². The molecule has 3 heterocycles. The van der Waals surface area contributed by atoms with Crippen molar-refractivity contribution in [1.29, 1.82) is 0 Å². The van der Waals surface area contributed by atoms with Crippen LogP contribution in [0.15, 0.2) is 47.2 Å². The van der Waals surface area contributed by atoms with Gasteiger partial charge >= 0.3 is 6.01 Å². The zero-order chi connectivity index (χ0) is 17.8. The molecular formula is C18H19N5O3. The molecule has 8 heteroatoms. The van der Waals surface area contributed by atoms with Crippen molar-refractivity contribution in [2.24, 2.45) is 0 Å². The number of ether oxygens (including phenoxy) is 2. The number of hydrogen-bond acceptors (Lipinski definition) is 8. The predicted molar refractivity (Wildman–Crippen MR) is 92.6 cm³/mol. The van der Waals surface area contributed by atoms with Crippen molar-refractivity contribution in [3.05, 3.63) is 48.6 Å². The van der Waals surface area contributed by atoms with Gasteiger partial charge < -0.3 is 14.0 Å². The highest BCUT2D eigenvalue weighted by Gasteiger charge is 2.28. The third-order valence-corrected chi connectivity index (χ3v) is 4.24. The molecule has 0 saturated carbocycles. The van der Waals surface area contributed by atoms with Crippen LogP contribution in [0.25, 0.3) is 11.4 Å². The second kappa shape index (κ2) is 7.59. The van der Waals surface area contributed by atoms with Crippen LogP contribution in [-0.4, -0.2) is 51.3 Å². The summed E-state index contributed by atoms with van der Waals surface area (Å²) < 4.78 is 16.6. The molecule has 0 radical (unpaired) electrons. The average molecular weight is 353 g/mol. The zero-order valence-electron chi connectivity index (χ0n) is 14.4. The Morgan fingerprint density at radius 3 is 2.77 bits per heavy atom. The largest absolute Gasteiger partial charge is 0.424 e. The topological polar surface area (TPSA) is 86.4 Å². The molecular weight excluding hydrogens is 334 g/mol. The van der Waals surface area contributed by atoms with E-state index in [1.165, 1.54) is 0 Å². The Balaban J connectivity index is 1.49. The third-order valence-electron chi connectivity index (χ3n) is 4.24. The first-order valence-electron chi connectivity index (χ1n) is 8.54. The first-order chi connectivity index (χ1) is 12.8. The summed E-state index contributed by atoms with van der Waals surface area (Å²) in [5.74, 6) is 1.77. The lowest BCUT2D eigenvalue weighted by Crippen LogP contribution is -2.39. The number of likely N-dealkylation sites (N-methyl/N-ethyl adjacent to an activating group) is 1. The molecule has 8 nitrogen and oxygen atoms in total. The second-order valence-electron chi connectivity index (χ2n) is 5.83. The number of morpholine rings is 1. The summed E-state index contributed by atoms with van der Waals surface area (Å²) in [6, 6.07) is 9.45. The lowest BCUT2D eigenvalue weighted by atomic mass is 10.2. The molecule has 0 N–H and O–H groups in total. The molecule has 0 amide bonds. The van der Waals surface area contributed by atoms with Crippen LogP contribution in [0.2, 0.25) is 0 Å². The van der Waals surface area contributed by atoms with Crippen molar-refractivity contribution in [1.82, 2.24) is 25.0 Å². The summed E-state index contributed by atoms with van der Waals surface area (Å²) in [6.45, 7) is 5.20. The maximum Gasteiger partial charge on any atom is 0.321 e. The highest BCUT2D eigenvalue weighted by molar-refractivity contribution is 5.55. The third kappa shape index (κ3) is 3.56. The van der Waals surface area contributed by atoms with E-state index in [0.717, 1.165) is 25.3 Å². The van der Waals surface area contributed by atoms with E-state index in [-0.39, 0.29) is 6.04 Å². The van der Waals surface area contributed by atoms with E-state index in [1.807, 2.05) is 24.3 Å². The zero-order valence-corrected chi connectivity index (χ0v) is 14.4. The molecule has 1 aromatic carbocycles. The van der Waals surface area contributed by atoms with Crippen molar-refractivity contribution in [3.8, 4) is 23.1 Å². The Hall–Kier alpha value is -2.84. The summed E-state index contributed by atoms with van der Waals surface area (Å²) >= 11 is 0. The minimum absolute atomic E-state index is 0.00726. The van der Waals surface area contributed by atoms with Crippen LogP contribution >= 0.6 is 0 Å². The van der Waals surface area contributed by atoms with Crippen molar-refractivity contribution in [2.45, 2.75) is 13.0 Å². The fourth-order valence-electron chi connectivity index (χ4n) is 2.85. The molecule has 0 spiro atoms. The summed E-state index contributed by atoms with van der Waals surface area (Å²) in [4.78, 5) is 14.9. The Bertz CT molecular complexity index is 838. The van der Waals surface area contributed by atoms with Crippen molar-refractivity contribution in [3.63, 3.8) is 0 Å². The fraction of sp³-hybridized carbons (Fsp3) is 0.333. The van der Waals surface area contributed by atoms with Gasteiger partial charge in [0.2, 0.25) is 11.7 Å². The van der Waals surface area contributed by atoms with Crippen LogP contribution in [-0.2, 0) is 4.74 Å². The summed E-state index contributed by atoms with van der Waals surface area (Å²) in [5.41, 5.74) is 0.848. The molecule has 0 bridgehead atoms. The van der Waals surface area contributed by atoms with Crippen LogP contribution < -0.4 is 4.74 Å². The first-order valence-corrected chi connectivity index (χ1v) is 8.54. The van der Waals surface area contributed by atoms with Crippen molar-refractivity contribution in [2.75, 3.05) is 26.3 Å². The van der Waals surface area contributed by atoms with Gasteiger partial charge in [-0.1, -0.05) is 12.1 Å². The molecule has 1 unspecified atom stereocenters. The molecule has 1 saturated heterocycles. The van der Waals surface area contributed by atoms with Gasteiger partial charge in [-0.05, 0) is 36.9 Å². The van der Waals surface area contributed by atoms with Gasteiger partial charge in [0, 0.05) is 24.5 Å². The molecule has 1 aliphatic heterocycles. The van der Waals surface area contributed by atoms with E-state index >= 15 is 0 Å². The molecule has 26 heavy (non-hydrogen) atoms. The maximum absolute atomic E-state index is 5.59. The van der Waals surface area contributed by atoms with Gasteiger partial charge in [-0.2, -0.15) is 4.98 Å². The number of hydrogen-bond donors (Lipinski definition) is 0. The Morgan fingerprint density at radius 1 is 1.19 bits per heavy atom. The van der Waals surface area contributed by atoms with E-state index in [9.17, 15) is 0 Å². The highest BCUT2D eigenvalue weighted by atomic mass is 16.5. The SMILES string of the molecule is CCN1CCOCC1c1nc(-c2ccc(Oc3ncccn3)cc2)no1. The minimum Gasteiger partial charge on any atom is -0.424 e. The van der Waals surface area contributed by atoms with Gasteiger partial charge in [0.1, 0.15) is 11.8 Å². The normalized spacial score (nSPS) is 18.0. The minimum atomic E-state index is 0.00726. The Morgan fingerprint density at radius 2 is 2.00 bits per heavy atom. The van der Waals surface area contributed by atoms with E-state index < -0.39 is 0 Å². The Kier molecular flexibility index (Phi) is 4.85. The summed E-state index contributed by atoms with van der Waals surface area (Å²) in [7, 11) is 0. The smallest absolute Gasteiger partial charge is 0.321 e. The van der Waals surface area contributed by atoms with Gasteiger partial charge in [0.25, 0.3) is 0 Å². The number of benzene rings is 1. The average Bonchev–Trinajstić information content (AvgIpc) is 3.19. The number of aromatic nitrogens is 4. The van der Waals surface area contributed by atoms with Gasteiger partial charge in [0.15, 0.2) is 0 Å². The molecule has 3 aromatic rings. The van der Waals surface area contributed by atoms with Crippen LogP contribution in [0, 0.1) is 0 Å². The molecule has 4 rings (SSSR count). The lowest BCUT2D eigenvalue weighted by molar-refractivity contribution is -0.0172. The quantitative estimate of drug-likeness (QED) is 0.692. The molecule has 134 valence electrons.